The number of carbonyl (C=O) groups excluding carboxylic acids is 1. The summed E-state index contributed by atoms with van der Waals surface area (Å²) >= 11 is 0. The van der Waals surface area contributed by atoms with Crippen LogP contribution in [0.2, 0.25) is 0 Å². The number of imidazole rings is 1. The molecular formula is C21H26F3N5O2. The highest BCUT2D eigenvalue weighted by atomic mass is 19.4. The Morgan fingerprint density at radius 2 is 2.00 bits per heavy atom. The van der Waals surface area contributed by atoms with Gasteiger partial charge in [0.05, 0.1) is 23.2 Å². The number of alkyl halides is 3. The molecule has 0 bridgehead atoms. The molecule has 2 N–H and O–H groups in total. The normalized spacial score (nSPS) is 17.7. The van der Waals surface area contributed by atoms with Crippen LogP contribution in [0.5, 0.6) is 0 Å². The maximum absolute atomic E-state index is 13.3. The van der Waals surface area contributed by atoms with Crippen molar-refractivity contribution >= 4 is 12.0 Å². The van der Waals surface area contributed by atoms with Gasteiger partial charge in [-0.3, -0.25) is 9.78 Å². The Morgan fingerprint density at radius 1 is 1.32 bits per heavy atom. The number of aryl methyl sites for hydroxylation is 1. The van der Waals surface area contributed by atoms with Crippen molar-refractivity contribution in [3.8, 4) is 0 Å². The second-order valence-corrected chi connectivity index (χ2v) is 8.36. The molecule has 3 rings (SSSR count). The van der Waals surface area contributed by atoms with Crippen molar-refractivity contribution in [1.29, 1.82) is 0 Å². The van der Waals surface area contributed by atoms with Gasteiger partial charge in [-0.05, 0) is 40.2 Å². The fourth-order valence-corrected chi connectivity index (χ4v) is 3.80. The van der Waals surface area contributed by atoms with Gasteiger partial charge in [0.1, 0.15) is 17.6 Å². The third-order valence-electron chi connectivity index (χ3n) is 5.30. The molecule has 1 unspecified atom stereocenters. The van der Waals surface area contributed by atoms with Crippen LogP contribution in [0, 0.1) is 6.92 Å². The molecule has 0 fully saturated rings. The molecule has 0 aromatic carbocycles. The number of fused-ring (bicyclic) bond motifs is 1. The van der Waals surface area contributed by atoms with Gasteiger partial charge in [-0.1, -0.05) is 6.92 Å². The van der Waals surface area contributed by atoms with Crippen LogP contribution >= 0.6 is 0 Å². The van der Waals surface area contributed by atoms with E-state index in [2.05, 4.69) is 20.3 Å². The molecule has 0 aliphatic heterocycles. The highest BCUT2D eigenvalue weighted by Crippen LogP contribution is 2.42. The SMILES string of the molecule is CCn1c([C@@H](NC(=O)c2cnc(C)cn2)C(C)(C)O)nc2c1C(C)CC(C(F)(F)F)=C2. The standard InChI is InChI=1S/C21H26F3N5O2/c1-6-29-16-11(2)7-13(21(22,23)24)8-14(16)27-18(29)17(20(4,5)31)28-19(30)15-10-25-12(3)9-26-15/h8-11,17,31H,6-7H2,1-5H3,(H,28,30)/t11?,17-/m1/s1. The number of nitrogens with one attached hydrogen (secondary N) is 1. The number of halogens is 3. The first-order valence-corrected chi connectivity index (χ1v) is 10.0. The average Bonchev–Trinajstić information content (AvgIpc) is 3.03. The topological polar surface area (TPSA) is 92.9 Å². The summed E-state index contributed by atoms with van der Waals surface area (Å²) in [4.78, 5) is 25.3. The Bertz CT molecular complexity index is 1000. The van der Waals surface area contributed by atoms with Crippen LogP contribution in [0.25, 0.3) is 6.08 Å². The van der Waals surface area contributed by atoms with Crippen LogP contribution in [-0.4, -0.2) is 42.3 Å². The van der Waals surface area contributed by atoms with Crippen molar-refractivity contribution in [1.82, 2.24) is 24.8 Å². The van der Waals surface area contributed by atoms with Crippen molar-refractivity contribution in [2.45, 2.75) is 71.3 Å². The number of aliphatic hydroxyl groups is 1. The summed E-state index contributed by atoms with van der Waals surface area (Å²) in [5, 5.41) is 13.5. The van der Waals surface area contributed by atoms with E-state index in [1.165, 1.54) is 26.2 Å². The molecule has 31 heavy (non-hydrogen) atoms. The van der Waals surface area contributed by atoms with Gasteiger partial charge in [-0.2, -0.15) is 13.2 Å². The molecule has 7 nitrogen and oxygen atoms in total. The molecule has 0 spiro atoms. The third kappa shape index (κ3) is 4.63. The molecule has 1 amide bonds. The largest absolute Gasteiger partial charge is 0.412 e. The Labute approximate surface area is 178 Å². The number of aromatic nitrogens is 4. The molecule has 2 aromatic heterocycles. The van der Waals surface area contributed by atoms with E-state index in [1.54, 1.807) is 18.4 Å². The lowest BCUT2D eigenvalue weighted by atomic mass is 9.90. The van der Waals surface area contributed by atoms with E-state index < -0.39 is 35.2 Å². The minimum Gasteiger partial charge on any atom is -0.388 e. The smallest absolute Gasteiger partial charge is 0.388 e. The number of rotatable bonds is 5. The first-order chi connectivity index (χ1) is 14.3. The molecule has 10 heteroatoms. The summed E-state index contributed by atoms with van der Waals surface area (Å²) in [7, 11) is 0. The highest BCUT2D eigenvalue weighted by Gasteiger charge is 2.41. The predicted molar refractivity (Wildman–Crippen MR) is 108 cm³/mol. The predicted octanol–water partition coefficient (Wildman–Crippen LogP) is 3.70. The minimum atomic E-state index is -4.43. The fourth-order valence-electron chi connectivity index (χ4n) is 3.80. The van der Waals surface area contributed by atoms with E-state index in [1.807, 2.05) is 6.92 Å². The van der Waals surface area contributed by atoms with E-state index in [0.717, 1.165) is 6.08 Å². The lowest BCUT2D eigenvalue weighted by molar-refractivity contribution is -0.0937. The summed E-state index contributed by atoms with van der Waals surface area (Å²) in [5.41, 5.74) is -0.517. The Morgan fingerprint density at radius 3 is 2.52 bits per heavy atom. The molecule has 168 valence electrons. The van der Waals surface area contributed by atoms with Gasteiger partial charge in [0, 0.05) is 29.9 Å². The Kier molecular flexibility index (Phi) is 5.96. The van der Waals surface area contributed by atoms with Crippen LogP contribution in [0.1, 0.15) is 79.5 Å². The average molecular weight is 437 g/mol. The minimum absolute atomic E-state index is 0.0619. The van der Waals surface area contributed by atoms with Gasteiger partial charge in [-0.25, -0.2) is 9.97 Å². The zero-order valence-corrected chi connectivity index (χ0v) is 18.1. The number of carbonyl (C=O) groups is 1. The number of hydrogen-bond donors (Lipinski definition) is 2. The first kappa shape index (κ1) is 22.9. The zero-order valence-electron chi connectivity index (χ0n) is 18.1. The lowest BCUT2D eigenvalue weighted by Gasteiger charge is -2.30. The molecule has 2 heterocycles. The van der Waals surface area contributed by atoms with Gasteiger partial charge in [0.15, 0.2) is 0 Å². The van der Waals surface area contributed by atoms with E-state index in [-0.39, 0.29) is 17.8 Å². The van der Waals surface area contributed by atoms with E-state index in [0.29, 0.717) is 23.8 Å². The van der Waals surface area contributed by atoms with Gasteiger partial charge in [0.2, 0.25) is 0 Å². The lowest BCUT2D eigenvalue weighted by Crippen LogP contribution is -2.44. The van der Waals surface area contributed by atoms with E-state index in [9.17, 15) is 23.1 Å². The quantitative estimate of drug-likeness (QED) is 0.744. The van der Waals surface area contributed by atoms with Crippen LogP contribution in [0.3, 0.4) is 0 Å². The van der Waals surface area contributed by atoms with Gasteiger partial charge in [0.25, 0.3) is 5.91 Å². The number of amides is 1. The van der Waals surface area contributed by atoms with Crippen LogP contribution in [0.4, 0.5) is 13.2 Å². The van der Waals surface area contributed by atoms with E-state index >= 15 is 0 Å². The van der Waals surface area contributed by atoms with Crippen molar-refractivity contribution in [2.24, 2.45) is 0 Å². The van der Waals surface area contributed by atoms with Crippen molar-refractivity contribution in [2.75, 3.05) is 0 Å². The van der Waals surface area contributed by atoms with Crippen LogP contribution in [0.15, 0.2) is 18.0 Å². The zero-order chi connectivity index (χ0) is 23.1. The van der Waals surface area contributed by atoms with Gasteiger partial charge >= 0.3 is 6.18 Å². The molecular weight excluding hydrogens is 411 g/mol. The number of nitrogens with zero attached hydrogens (tertiary/aromatic N) is 4. The maximum atomic E-state index is 13.3. The molecule has 0 saturated carbocycles. The monoisotopic (exact) mass is 437 g/mol. The molecule has 1 aliphatic carbocycles. The second kappa shape index (κ2) is 8.07. The highest BCUT2D eigenvalue weighted by molar-refractivity contribution is 5.92. The maximum Gasteiger partial charge on any atom is 0.412 e. The molecule has 0 radical (unpaired) electrons. The van der Waals surface area contributed by atoms with Gasteiger partial charge in [-0.15, -0.1) is 0 Å². The molecule has 1 aliphatic rings. The Balaban J connectivity index is 2.06. The van der Waals surface area contributed by atoms with Crippen LogP contribution in [-0.2, 0) is 6.54 Å². The van der Waals surface area contributed by atoms with Crippen molar-refractivity contribution in [3.63, 3.8) is 0 Å². The third-order valence-corrected chi connectivity index (χ3v) is 5.30. The number of allylic oxidation sites excluding steroid dienone is 1. The number of hydrogen-bond acceptors (Lipinski definition) is 5. The van der Waals surface area contributed by atoms with Crippen LogP contribution < -0.4 is 5.32 Å². The Hall–Kier alpha value is -2.75. The summed E-state index contributed by atoms with van der Waals surface area (Å²) in [6.45, 7) is 8.73. The summed E-state index contributed by atoms with van der Waals surface area (Å²) in [6.07, 6.45) is -0.759. The molecule has 2 aromatic rings. The first-order valence-electron chi connectivity index (χ1n) is 10.0. The summed E-state index contributed by atoms with van der Waals surface area (Å²) < 4.78 is 41.7. The molecule has 2 atom stereocenters. The van der Waals surface area contributed by atoms with Crippen molar-refractivity contribution in [3.05, 3.63) is 46.6 Å². The van der Waals surface area contributed by atoms with Crippen molar-refractivity contribution < 1.29 is 23.1 Å². The fraction of sp³-hybridized carbons (Fsp3) is 0.524. The molecule has 0 saturated heterocycles. The summed E-state index contributed by atoms with van der Waals surface area (Å²) in [5.74, 6) is -0.693. The van der Waals surface area contributed by atoms with E-state index in [4.69, 9.17) is 0 Å². The second-order valence-electron chi connectivity index (χ2n) is 8.36. The summed E-state index contributed by atoms with van der Waals surface area (Å²) in [6, 6.07) is -0.983. The van der Waals surface area contributed by atoms with Gasteiger partial charge < -0.3 is 15.0 Å².